The quantitative estimate of drug-likeness (QED) is 0.787. The van der Waals surface area contributed by atoms with Crippen LogP contribution >= 0.6 is 15.9 Å². The van der Waals surface area contributed by atoms with Gasteiger partial charge in [-0.15, -0.1) is 13.2 Å². The summed E-state index contributed by atoms with van der Waals surface area (Å²) in [7, 11) is 1.28. The minimum absolute atomic E-state index is 0.0120. The Morgan fingerprint density at radius 2 is 2.12 bits per heavy atom. The largest absolute Gasteiger partial charge is 0.573 e. The summed E-state index contributed by atoms with van der Waals surface area (Å²) in [6, 6.07) is 2.61. The zero-order valence-corrected chi connectivity index (χ0v) is 9.39. The van der Waals surface area contributed by atoms with Gasteiger partial charge < -0.3 is 9.47 Å². The molecule has 1 rings (SSSR count). The molecule has 16 heavy (non-hydrogen) atoms. The second-order valence-electron chi connectivity index (χ2n) is 2.49. The van der Waals surface area contributed by atoms with Crippen molar-refractivity contribution in [3.8, 4) is 17.7 Å². The number of rotatable bonds is 2. The molecule has 8 heteroatoms. The minimum atomic E-state index is -4.88. The predicted octanol–water partition coefficient (Wildman–Crippen LogP) is 2.62. The zero-order valence-electron chi connectivity index (χ0n) is 7.80. The van der Waals surface area contributed by atoms with Gasteiger partial charge in [0.05, 0.1) is 7.11 Å². The summed E-state index contributed by atoms with van der Waals surface area (Å²) in [6.07, 6.45) is -4.88. The van der Waals surface area contributed by atoms with E-state index in [1.165, 1.54) is 7.11 Å². The van der Waals surface area contributed by atoms with E-state index in [9.17, 15) is 13.2 Å². The van der Waals surface area contributed by atoms with Gasteiger partial charge in [-0.3, -0.25) is 0 Å². The highest BCUT2D eigenvalue weighted by Crippen LogP contribution is 2.34. The van der Waals surface area contributed by atoms with Crippen molar-refractivity contribution >= 4 is 15.9 Å². The van der Waals surface area contributed by atoms with E-state index in [0.717, 1.165) is 6.07 Å². The van der Waals surface area contributed by atoms with Crippen molar-refractivity contribution in [3.05, 3.63) is 16.2 Å². The highest BCUT2D eigenvalue weighted by Gasteiger charge is 2.33. The summed E-state index contributed by atoms with van der Waals surface area (Å²) in [5, 5.41) is 8.66. The van der Waals surface area contributed by atoms with Crippen LogP contribution in [0.4, 0.5) is 13.2 Å². The fourth-order valence-electron chi connectivity index (χ4n) is 0.880. The second kappa shape index (κ2) is 4.57. The first-order valence-corrected chi connectivity index (χ1v) is 4.57. The van der Waals surface area contributed by atoms with Gasteiger partial charge in [-0.25, -0.2) is 4.98 Å². The van der Waals surface area contributed by atoms with E-state index in [-0.39, 0.29) is 16.0 Å². The van der Waals surface area contributed by atoms with Gasteiger partial charge in [-0.2, -0.15) is 5.26 Å². The fraction of sp³-hybridized carbons (Fsp3) is 0.250. The summed E-state index contributed by atoms with van der Waals surface area (Å²) >= 11 is 2.77. The van der Waals surface area contributed by atoms with Crippen LogP contribution in [0.15, 0.2) is 10.7 Å². The summed E-state index contributed by atoms with van der Waals surface area (Å²) in [6.45, 7) is 0. The maximum absolute atomic E-state index is 12.0. The SMILES string of the molecule is COc1cc(C#N)c(OC(F)(F)F)c(Br)n1. The van der Waals surface area contributed by atoms with E-state index in [0.29, 0.717) is 0 Å². The Labute approximate surface area is 96.7 Å². The lowest BCUT2D eigenvalue weighted by atomic mass is 10.3. The molecule has 1 heterocycles. The molecule has 0 spiro atoms. The number of nitrogens with zero attached hydrogens (tertiary/aromatic N) is 2. The summed E-state index contributed by atoms with van der Waals surface area (Å²) < 4.78 is 44.1. The van der Waals surface area contributed by atoms with Crippen molar-refractivity contribution in [2.45, 2.75) is 6.36 Å². The lowest BCUT2D eigenvalue weighted by molar-refractivity contribution is -0.275. The van der Waals surface area contributed by atoms with Crippen LogP contribution in [0.1, 0.15) is 5.56 Å². The highest BCUT2D eigenvalue weighted by molar-refractivity contribution is 9.10. The molecule has 0 N–H and O–H groups in total. The molecule has 0 saturated carbocycles. The lowest BCUT2D eigenvalue weighted by Gasteiger charge is -2.12. The van der Waals surface area contributed by atoms with Crippen LogP contribution in [0.3, 0.4) is 0 Å². The van der Waals surface area contributed by atoms with E-state index in [4.69, 9.17) is 10.00 Å². The molecule has 0 aromatic carbocycles. The molecule has 0 aliphatic carbocycles. The van der Waals surface area contributed by atoms with Crippen LogP contribution in [-0.4, -0.2) is 18.5 Å². The minimum Gasteiger partial charge on any atom is -0.481 e. The molecular weight excluding hydrogens is 293 g/mol. The van der Waals surface area contributed by atoms with E-state index >= 15 is 0 Å². The van der Waals surface area contributed by atoms with Crippen LogP contribution in [0.25, 0.3) is 0 Å². The number of alkyl halides is 3. The number of halogens is 4. The highest BCUT2D eigenvalue weighted by atomic mass is 79.9. The zero-order chi connectivity index (χ0) is 12.3. The number of methoxy groups -OCH3 is 1. The van der Waals surface area contributed by atoms with Gasteiger partial charge in [0.1, 0.15) is 11.6 Å². The van der Waals surface area contributed by atoms with Crippen molar-refractivity contribution in [2.24, 2.45) is 0 Å². The Balaban J connectivity index is 3.23. The molecule has 4 nitrogen and oxygen atoms in total. The molecule has 0 saturated heterocycles. The molecule has 1 aromatic heterocycles. The average Bonchev–Trinajstić information content (AvgIpc) is 2.19. The summed E-state index contributed by atoms with van der Waals surface area (Å²) in [5.74, 6) is -0.672. The third kappa shape index (κ3) is 3.00. The van der Waals surface area contributed by atoms with E-state index in [2.05, 4.69) is 25.7 Å². The van der Waals surface area contributed by atoms with Crippen molar-refractivity contribution in [1.82, 2.24) is 4.98 Å². The molecule has 86 valence electrons. The van der Waals surface area contributed by atoms with Crippen molar-refractivity contribution in [1.29, 1.82) is 5.26 Å². The second-order valence-corrected chi connectivity index (χ2v) is 3.24. The monoisotopic (exact) mass is 296 g/mol. The average molecular weight is 297 g/mol. The van der Waals surface area contributed by atoms with E-state index < -0.39 is 12.1 Å². The number of pyridine rings is 1. The molecule has 0 aliphatic rings. The van der Waals surface area contributed by atoms with Gasteiger partial charge in [0, 0.05) is 6.07 Å². The molecule has 0 aliphatic heterocycles. The molecule has 0 atom stereocenters. The third-order valence-electron chi connectivity index (χ3n) is 1.46. The van der Waals surface area contributed by atoms with Gasteiger partial charge in [-0.05, 0) is 15.9 Å². The molecule has 0 radical (unpaired) electrons. The Morgan fingerprint density at radius 3 is 2.56 bits per heavy atom. The van der Waals surface area contributed by atoms with Crippen LogP contribution in [0, 0.1) is 11.3 Å². The Morgan fingerprint density at radius 1 is 1.50 bits per heavy atom. The number of hydrogen-bond donors (Lipinski definition) is 0. The molecule has 0 unspecified atom stereocenters. The standard InChI is InChI=1S/C8H4BrF3N2O2/c1-15-5-2-4(3-13)6(7(9)14-5)16-8(10,11)12/h2H,1H3. The number of nitriles is 1. The molecule has 0 bridgehead atoms. The van der Waals surface area contributed by atoms with Crippen LogP contribution < -0.4 is 9.47 Å². The van der Waals surface area contributed by atoms with Crippen LogP contribution in [0.2, 0.25) is 0 Å². The lowest BCUT2D eigenvalue weighted by Crippen LogP contribution is -2.18. The first kappa shape index (κ1) is 12.6. The topological polar surface area (TPSA) is 55.1 Å². The third-order valence-corrected chi connectivity index (χ3v) is 1.99. The normalized spacial score (nSPS) is 10.8. The van der Waals surface area contributed by atoms with Crippen LogP contribution in [-0.2, 0) is 0 Å². The number of aromatic nitrogens is 1. The fourth-order valence-corrected chi connectivity index (χ4v) is 1.35. The Hall–Kier alpha value is -1.49. The van der Waals surface area contributed by atoms with Crippen molar-refractivity contribution in [2.75, 3.05) is 7.11 Å². The summed E-state index contributed by atoms with van der Waals surface area (Å²) in [4.78, 5) is 3.60. The van der Waals surface area contributed by atoms with Gasteiger partial charge in [-0.1, -0.05) is 0 Å². The maximum Gasteiger partial charge on any atom is 0.573 e. The first-order valence-electron chi connectivity index (χ1n) is 3.77. The smallest absolute Gasteiger partial charge is 0.481 e. The molecule has 0 fully saturated rings. The number of hydrogen-bond acceptors (Lipinski definition) is 4. The van der Waals surface area contributed by atoms with Crippen LogP contribution in [0.5, 0.6) is 11.6 Å². The number of ether oxygens (including phenoxy) is 2. The van der Waals surface area contributed by atoms with E-state index in [1.54, 1.807) is 6.07 Å². The summed E-state index contributed by atoms with van der Waals surface area (Å²) in [5.41, 5.74) is -0.323. The molecule has 0 amide bonds. The molecule has 1 aromatic rings. The maximum atomic E-state index is 12.0. The van der Waals surface area contributed by atoms with Gasteiger partial charge in [0.25, 0.3) is 0 Å². The first-order chi connectivity index (χ1) is 7.37. The Kier molecular flexibility index (Phi) is 3.59. The van der Waals surface area contributed by atoms with Gasteiger partial charge in [0.2, 0.25) is 5.88 Å². The van der Waals surface area contributed by atoms with E-state index in [1.807, 2.05) is 0 Å². The Bertz CT molecular complexity index is 442. The van der Waals surface area contributed by atoms with Crippen molar-refractivity contribution < 1.29 is 22.6 Å². The van der Waals surface area contributed by atoms with Gasteiger partial charge in [0.15, 0.2) is 10.4 Å². The molecular formula is C8H4BrF3N2O2. The predicted molar refractivity (Wildman–Crippen MR) is 49.9 cm³/mol. The van der Waals surface area contributed by atoms with Crippen molar-refractivity contribution in [3.63, 3.8) is 0 Å². The van der Waals surface area contributed by atoms with Gasteiger partial charge >= 0.3 is 6.36 Å².